The smallest absolute Gasteiger partial charge is 0.257 e. The quantitative estimate of drug-likeness (QED) is 0.436. The van der Waals surface area contributed by atoms with Crippen LogP contribution < -0.4 is 10.0 Å². The maximum Gasteiger partial charge on any atom is 0.257 e. The number of pyridine rings is 2. The molecule has 4 heterocycles. The molecule has 3 aromatic rings. The molecule has 0 bridgehead atoms. The standard InChI is InChI=1S/C22H23ClF2N6O2/c1-15(30-9-5-22(24,25)18(12-30)16-3-7-31(33)8-4-16)21(32)28-20-13-29(14-27-20)11-17-2-6-26-10-19(17)23/h2-4,6-8,10,13-15,18H,5,9,11-12H2,1H3,(H,28,32)/t15-,18+/m0/s1. The Labute approximate surface area is 194 Å². The van der Waals surface area contributed by atoms with E-state index in [0.29, 0.717) is 27.7 Å². The van der Waals surface area contributed by atoms with Crippen molar-refractivity contribution in [1.82, 2.24) is 19.4 Å². The molecule has 3 aromatic heterocycles. The fourth-order valence-corrected chi connectivity index (χ4v) is 4.10. The molecule has 0 aliphatic carbocycles. The van der Waals surface area contributed by atoms with Crippen LogP contribution in [0, 0.1) is 5.21 Å². The Morgan fingerprint density at radius 3 is 2.88 bits per heavy atom. The number of anilines is 1. The Morgan fingerprint density at radius 2 is 2.15 bits per heavy atom. The zero-order chi connectivity index (χ0) is 23.6. The lowest BCUT2D eigenvalue weighted by Gasteiger charge is -2.40. The van der Waals surface area contributed by atoms with Gasteiger partial charge < -0.3 is 15.1 Å². The summed E-state index contributed by atoms with van der Waals surface area (Å²) in [6, 6.07) is 3.97. The molecule has 1 aliphatic rings. The lowest BCUT2D eigenvalue weighted by molar-refractivity contribution is -0.605. The zero-order valence-electron chi connectivity index (χ0n) is 17.9. The minimum atomic E-state index is -2.92. The van der Waals surface area contributed by atoms with Crippen LogP contribution in [0.5, 0.6) is 0 Å². The molecule has 1 aliphatic heterocycles. The van der Waals surface area contributed by atoms with Crippen molar-refractivity contribution in [2.24, 2.45) is 0 Å². The summed E-state index contributed by atoms with van der Waals surface area (Å²) in [7, 11) is 0. The fourth-order valence-electron chi connectivity index (χ4n) is 3.92. The third kappa shape index (κ3) is 5.28. The van der Waals surface area contributed by atoms with E-state index < -0.39 is 17.9 Å². The molecule has 0 radical (unpaired) electrons. The second-order valence-corrected chi connectivity index (χ2v) is 8.52. The van der Waals surface area contributed by atoms with Crippen molar-refractivity contribution in [3.63, 3.8) is 0 Å². The van der Waals surface area contributed by atoms with Crippen LogP contribution in [0.4, 0.5) is 14.6 Å². The van der Waals surface area contributed by atoms with Crippen molar-refractivity contribution in [2.45, 2.75) is 37.8 Å². The van der Waals surface area contributed by atoms with Gasteiger partial charge in [-0.05, 0) is 24.1 Å². The highest BCUT2D eigenvalue weighted by molar-refractivity contribution is 6.31. The summed E-state index contributed by atoms with van der Waals surface area (Å²) in [5.74, 6) is -4.00. The summed E-state index contributed by atoms with van der Waals surface area (Å²) < 4.78 is 31.6. The van der Waals surface area contributed by atoms with Crippen LogP contribution in [0.25, 0.3) is 0 Å². The zero-order valence-corrected chi connectivity index (χ0v) is 18.6. The number of amides is 1. The van der Waals surface area contributed by atoms with Gasteiger partial charge in [0.1, 0.15) is 0 Å². The second kappa shape index (κ2) is 9.40. The van der Waals surface area contributed by atoms with Gasteiger partial charge in [0, 0.05) is 50.2 Å². The van der Waals surface area contributed by atoms with E-state index in [1.807, 2.05) is 0 Å². The molecular weight excluding hydrogens is 454 g/mol. The van der Waals surface area contributed by atoms with E-state index >= 15 is 0 Å². The summed E-state index contributed by atoms with van der Waals surface area (Å²) >= 11 is 6.14. The average molecular weight is 477 g/mol. The summed E-state index contributed by atoms with van der Waals surface area (Å²) in [6.45, 7) is 2.23. The van der Waals surface area contributed by atoms with Gasteiger partial charge >= 0.3 is 0 Å². The molecule has 0 spiro atoms. The molecule has 0 aromatic carbocycles. The topological polar surface area (TPSA) is 90.0 Å². The molecule has 11 heteroatoms. The number of hydrogen-bond acceptors (Lipinski definition) is 5. The van der Waals surface area contributed by atoms with E-state index in [9.17, 15) is 18.8 Å². The number of carbonyl (C=O) groups excluding carboxylic acids is 1. The van der Waals surface area contributed by atoms with Gasteiger partial charge in [0.05, 0.1) is 29.9 Å². The Kier molecular flexibility index (Phi) is 6.57. The summed E-state index contributed by atoms with van der Waals surface area (Å²) in [5, 5.41) is 14.6. The number of nitrogens with one attached hydrogen (secondary N) is 1. The molecule has 174 valence electrons. The van der Waals surface area contributed by atoms with Gasteiger partial charge in [0.25, 0.3) is 5.92 Å². The SMILES string of the molecule is C[C@@H](C(=O)Nc1cn(Cc2ccncc2Cl)cn1)N1CCC(F)(F)[C@@H](c2cc[n+]([O-])cc2)C1. The number of likely N-dealkylation sites (tertiary alicyclic amines) is 1. The highest BCUT2D eigenvalue weighted by atomic mass is 35.5. The van der Waals surface area contributed by atoms with Crippen LogP contribution in [0.3, 0.4) is 0 Å². The van der Waals surface area contributed by atoms with Crippen LogP contribution in [0.1, 0.15) is 30.4 Å². The minimum absolute atomic E-state index is 0.000556. The van der Waals surface area contributed by atoms with Crippen LogP contribution in [0.15, 0.2) is 55.5 Å². The Hall–Kier alpha value is -3.11. The molecule has 0 saturated carbocycles. The number of hydrogen-bond donors (Lipinski definition) is 1. The van der Waals surface area contributed by atoms with Crippen molar-refractivity contribution >= 4 is 23.3 Å². The van der Waals surface area contributed by atoms with Gasteiger partial charge in [-0.2, -0.15) is 4.73 Å². The van der Waals surface area contributed by atoms with Crippen molar-refractivity contribution in [1.29, 1.82) is 0 Å². The van der Waals surface area contributed by atoms with Gasteiger partial charge in [-0.15, -0.1) is 0 Å². The first kappa shape index (κ1) is 23.1. The van der Waals surface area contributed by atoms with Crippen LogP contribution in [0.2, 0.25) is 5.02 Å². The molecule has 33 heavy (non-hydrogen) atoms. The number of imidazole rings is 1. The van der Waals surface area contributed by atoms with Crippen LogP contribution in [-0.4, -0.2) is 50.4 Å². The number of nitrogens with zero attached hydrogens (tertiary/aromatic N) is 5. The van der Waals surface area contributed by atoms with Crippen molar-refractivity contribution < 1.29 is 18.3 Å². The molecule has 1 fully saturated rings. The van der Waals surface area contributed by atoms with Crippen molar-refractivity contribution in [2.75, 3.05) is 18.4 Å². The van der Waals surface area contributed by atoms with Crippen molar-refractivity contribution in [3.05, 3.63) is 76.9 Å². The molecule has 8 nitrogen and oxygen atoms in total. The van der Waals surface area contributed by atoms with Crippen LogP contribution >= 0.6 is 11.6 Å². The van der Waals surface area contributed by atoms with E-state index in [2.05, 4.69) is 15.3 Å². The number of halogens is 3. The first-order chi connectivity index (χ1) is 15.7. The summed E-state index contributed by atoms with van der Waals surface area (Å²) in [6.07, 6.45) is 8.49. The van der Waals surface area contributed by atoms with Crippen molar-refractivity contribution in [3.8, 4) is 0 Å². The maximum atomic E-state index is 14.6. The lowest BCUT2D eigenvalue weighted by Crippen LogP contribution is -2.52. The molecule has 0 unspecified atom stereocenters. The Morgan fingerprint density at radius 1 is 1.39 bits per heavy atom. The predicted octanol–water partition coefficient (Wildman–Crippen LogP) is 3.07. The van der Waals surface area contributed by atoms with Gasteiger partial charge in [0.2, 0.25) is 5.91 Å². The third-order valence-electron chi connectivity index (χ3n) is 5.91. The Balaban J connectivity index is 1.40. The number of rotatable bonds is 6. The normalized spacial score (nSPS) is 19.2. The van der Waals surface area contributed by atoms with Gasteiger partial charge in [-0.25, -0.2) is 13.8 Å². The monoisotopic (exact) mass is 476 g/mol. The van der Waals surface area contributed by atoms with E-state index in [0.717, 1.165) is 5.56 Å². The number of alkyl halides is 2. The van der Waals surface area contributed by atoms with Crippen LogP contribution in [-0.2, 0) is 11.3 Å². The van der Waals surface area contributed by atoms with E-state index in [-0.39, 0.29) is 25.4 Å². The average Bonchev–Trinajstić information content (AvgIpc) is 3.22. The minimum Gasteiger partial charge on any atom is -0.619 e. The third-order valence-corrected chi connectivity index (χ3v) is 6.25. The fraction of sp³-hybridized carbons (Fsp3) is 0.364. The first-order valence-electron chi connectivity index (χ1n) is 10.4. The Bertz CT molecular complexity index is 1120. The first-order valence-corrected chi connectivity index (χ1v) is 10.8. The van der Waals surface area contributed by atoms with E-state index in [1.54, 1.807) is 47.4 Å². The van der Waals surface area contributed by atoms with E-state index in [4.69, 9.17) is 11.6 Å². The molecule has 2 atom stereocenters. The second-order valence-electron chi connectivity index (χ2n) is 8.11. The number of aromatic nitrogens is 4. The molecule has 1 amide bonds. The number of piperidine rings is 1. The lowest BCUT2D eigenvalue weighted by atomic mass is 9.87. The van der Waals surface area contributed by atoms with Gasteiger partial charge in [-0.3, -0.25) is 14.7 Å². The highest BCUT2D eigenvalue weighted by Gasteiger charge is 2.46. The molecule has 1 saturated heterocycles. The predicted molar refractivity (Wildman–Crippen MR) is 118 cm³/mol. The highest BCUT2D eigenvalue weighted by Crippen LogP contribution is 2.40. The molecular formula is C22H23ClF2N6O2. The largest absolute Gasteiger partial charge is 0.619 e. The number of carbonyl (C=O) groups is 1. The summed E-state index contributed by atoms with van der Waals surface area (Å²) in [5.41, 5.74) is 1.23. The van der Waals surface area contributed by atoms with Gasteiger partial charge in [0.15, 0.2) is 18.2 Å². The maximum absolute atomic E-state index is 14.6. The molecule has 1 N–H and O–H groups in total. The van der Waals surface area contributed by atoms with Gasteiger partial charge in [-0.1, -0.05) is 11.6 Å². The molecule has 4 rings (SSSR count). The van der Waals surface area contributed by atoms with E-state index in [1.165, 1.54) is 24.5 Å². The summed E-state index contributed by atoms with van der Waals surface area (Å²) in [4.78, 5) is 22.7.